The van der Waals surface area contributed by atoms with Crippen molar-refractivity contribution in [1.29, 1.82) is 0 Å². The normalized spacial score (nSPS) is 24.0. The molecule has 1 aliphatic rings. The topological polar surface area (TPSA) is 21.3 Å². The zero-order valence-corrected chi connectivity index (χ0v) is 11.9. The SMILES string of the molecule is COC1CC(Nc2c(Cl)cc(Br)cc2Cl)C1. The van der Waals surface area contributed by atoms with E-state index in [-0.39, 0.29) is 0 Å². The van der Waals surface area contributed by atoms with Gasteiger partial charge in [0.05, 0.1) is 21.8 Å². The maximum Gasteiger partial charge on any atom is 0.0721 e. The van der Waals surface area contributed by atoms with Crippen LogP contribution in [0.1, 0.15) is 12.8 Å². The van der Waals surface area contributed by atoms with Crippen LogP contribution < -0.4 is 5.32 Å². The molecule has 1 aromatic rings. The minimum absolute atomic E-state index is 0.366. The van der Waals surface area contributed by atoms with Crippen LogP contribution in [0.3, 0.4) is 0 Å². The molecule has 1 aliphatic carbocycles. The van der Waals surface area contributed by atoms with Crippen molar-refractivity contribution in [3.63, 3.8) is 0 Å². The number of hydrogen-bond donors (Lipinski definition) is 1. The lowest BCUT2D eigenvalue weighted by Gasteiger charge is -2.35. The molecule has 0 spiro atoms. The van der Waals surface area contributed by atoms with Crippen molar-refractivity contribution in [2.75, 3.05) is 12.4 Å². The predicted octanol–water partition coefficient (Wildman–Crippen LogP) is 4.35. The minimum atomic E-state index is 0.366. The Kier molecular flexibility index (Phi) is 4.01. The number of anilines is 1. The molecule has 0 unspecified atom stereocenters. The van der Waals surface area contributed by atoms with Crippen LogP contribution in [0.15, 0.2) is 16.6 Å². The van der Waals surface area contributed by atoms with Gasteiger partial charge in [-0.1, -0.05) is 39.1 Å². The molecule has 0 heterocycles. The maximum absolute atomic E-state index is 6.12. The summed E-state index contributed by atoms with van der Waals surface area (Å²) in [5, 5.41) is 4.62. The molecule has 1 fully saturated rings. The molecule has 1 saturated carbocycles. The van der Waals surface area contributed by atoms with Crippen LogP contribution in [0.5, 0.6) is 0 Å². The van der Waals surface area contributed by atoms with Gasteiger partial charge in [0.25, 0.3) is 0 Å². The Hall–Kier alpha value is 0.0400. The lowest BCUT2D eigenvalue weighted by atomic mass is 9.89. The summed E-state index contributed by atoms with van der Waals surface area (Å²) in [6.07, 6.45) is 2.36. The van der Waals surface area contributed by atoms with Gasteiger partial charge in [0.2, 0.25) is 0 Å². The van der Waals surface area contributed by atoms with Crippen LogP contribution in [-0.2, 0) is 4.74 Å². The summed E-state index contributed by atoms with van der Waals surface area (Å²) in [7, 11) is 1.74. The van der Waals surface area contributed by atoms with Gasteiger partial charge in [-0.25, -0.2) is 0 Å². The van der Waals surface area contributed by atoms with Crippen molar-refractivity contribution >= 4 is 44.8 Å². The van der Waals surface area contributed by atoms with E-state index in [1.807, 2.05) is 12.1 Å². The molecule has 1 N–H and O–H groups in total. The number of methoxy groups -OCH3 is 1. The van der Waals surface area contributed by atoms with E-state index >= 15 is 0 Å². The van der Waals surface area contributed by atoms with Crippen LogP contribution in [0.25, 0.3) is 0 Å². The van der Waals surface area contributed by atoms with Crippen LogP contribution >= 0.6 is 39.1 Å². The van der Waals surface area contributed by atoms with Gasteiger partial charge in [0.15, 0.2) is 0 Å². The Morgan fingerprint density at radius 3 is 2.38 bits per heavy atom. The maximum atomic E-state index is 6.12. The lowest BCUT2D eigenvalue weighted by Crippen LogP contribution is -2.40. The van der Waals surface area contributed by atoms with E-state index in [1.165, 1.54) is 0 Å². The highest BCUT2D eigenvalue weighted by atomic mass is 79.9. The summed E-state index contributed by atoms with van der Waals surface area (Å²) in [5.74, 6) is 0. The molecule has 2 nitrogen and oxygen atoms in total. The second-order valence-electron chi connectivity index (χ2n) is 3.91. The number of hydrogen-bond acceptors (Lipinski definition) is 2. The molecule has 5 heteroatoms. The Bertz CT molecular complexity index is 371. The second-order valence-corrected chi connectivity index (χ2v) is 5.64. The molecular formula is C11H12BrCl2NO. The minimum Gasteiger partial charge on any atom is -0.381 e. The highest BCUT2D eigenvalue weighted by molar-refractivity contribution is 9.10. The fourth-order valence-electron chi connectivity index (χ4n) is 1.76. The number of rotatable bonds is 3. The van der Waals surface area contributed by atoms with Gasteiger partial charge in [0.1, 0.15) is 0 Å². The zero-order chi connectivity index (χ0) is 11.7. The first-order valence-electron chi connectivity index (χ1n) is 5.04. The molecule has 0 amide bonds. The average molecular weight is 325 g/mol. The average Bonchev–Trinajstić information content (AvgIpc) is 2.13. The first-order chi connectivity index (χ1) is 7.60. The Labute approximate surface area is 113 Å². The molecule has 0 aromatic heterocycles. The van der Waals surface area contributed by atoms with Gasteiger partial charge >= 0.3 is 0 Å². The van der Waals surface area contributed by atoms with E-state index in [4.69, 9.17) is 27.9 Å². The van der Waals surface area contributed by atoms with E-state index in [9.17, 15) is 0 Å². The molecule has 0 radical (unpaired) electrons. The Balaban J connectivity index is 2.05. The van der Waals surface area contributed by atoms with E-state index in [2.05, 4.69) is 21.2 Å². The summed E-state index contributed by atoms with van der Waals surface area (Å²) in [6.45, 7) is 0. The van der Waals surface area contributed by atoms with E-state index < -0.39 is 0 Å². The van der Waals surface area contributed by atoms with Crippen LogP contribution in [-0.4, -0.2) is 19.3 Å². The number of nitrogens with one attached hydrogen (secondary N) is 1. The van der Waals surface area contributed by atoms with Crippen LogP contribution in [0, 0.1) is 0 Å². The van der Waals surface area contributed by atoms with Crippen molar-refractivity contribution in [2.24, 2.45) is 0 Å². The van der Waals surface area contributed by atoms with Gasteiger partial charge in [0, 0.05) is 17.6 Å². The van der Waals surface area contributed by atoms with E-state index in [0.717, 1.165) is 23.0 Å². The molecule has 0 atom stereocenters. The fraction of sp³-hybridized carbons (Fsp3) is 0.455. The first kappa shape index (κ1) is 12.5. The van der Waals surface area contributed by atoms with Gasteiger partial charge in [-0.05, 0) is 25.0 Å². The van der Waals surface area contributed by atoms with Crippen molar-refractivity contribution in [3.05, 3.63) is 26.7 Å². The summed E-state index contributed by atoms with van der Waals surface area (Å²) >= 11 is 15.6. The highest BCUT2D eigenvalue weighted by Gasteiger charge is 2.29. The largest absolute Gasteiger partial charge is 0.381 e. The second kappa shape index (κ2) is 5.13. The molecule has 0 bridgehead atoms. The van der Waals surface area contributed by atoms with E-state index in [1.54, 1.807) is 7.11 Å². The number of benzene rings is 1. The molecule has 2 rings (SSSR count). The molecule has 0 aliphatic heterocycles. The number of halogens is 3. The smallest absolute Gasteiger partial charge is 0.0721 e. The summed E-state index contributed by atoms with van der Waals surface area (Å²) in [5.41, 5.74) is 0.811. The van der Waals surface area contributed by atoms with Crippen molar-refractivity contribution in [1.82, 2.24) is 0 Å². The summed E-state index contributed by atoms with van der Waals surface area (Å²) in [4.78, 5) is 0. The van der Waals surface area contributed by atoms with Crippen molar-refractivity contribution in [2.45, 2.75) is 25.0 Å². The van der Waals surface area contributed by atoms with Gasteiger partial charge in [-0.15, -0.1) is 0 Å². The third-order valence-electron chi connectivity index (χ3n) is 2.78. The molecular weight excluding hydrogens is 313 g/mol. The monoisotopic (exact) mass is 323 g/mol. The van der Waals surface area contributed by atoms with Gasteiger partial charge in [-0.2, -0.15) is 0 Å². The van der Waals surface area contributed by atoms with Crippen molar-refractivity contribution in [3.8, 4) is 0 Å². The Morgan fingerprint density at radius 1 is 1.31 bits per heavy atom. The molecule has 1 aromatic carbocycles. The molecule has 0 saturated heterocycles. The van der Waals surface area contributed by atoms with E-state index in [0.29, 0.717) is 22.2 Å². The third-order valence-corrected chi connectivity index (χ3v) is 3.84. The van der Waals surface area contributed by atoms with Crippen LogP contribution in [0.2, 0.25) is 10.0 Å². The third kappa shape index (κ3) is 2.65. The molecule has 16 heavy (non-hydrogen) atoms. The lowest BCUT2D eigenvalue weighted by molar-refractivity contribution is 0.0329. The van der Waals surface area contributed by atoms with Gasteiger partial charge < -0.3 is 10.1 Å². The zero-order valence-electron chi connectivity index (χ0n) is 8.77. The standard InChI is InChI=1S/C11H12BrCl2NO/c1-16-8-4-7(5-8)15-11-9(13)2-6(12)3-10(11)14/h2-3,7-8,15H,4-5H2,1H3. The highest BCUT2D eigenvalue weighted by Crippen LogP contribution is 2.36. The summed E-state index contributed by atoms with van der Waals surface area (Å²) in [6, 6.07) is 4.07. The number of ether oxygens (including phenoxy) is 1. The molecule has 88 valence electrons. The Morgan fingerprint density at radius 2 is 1.88 bits per heavy atom. The van der Waals surface area contributed by atoms with Crippen LogP contribution in [0.4, 0.5) is 5.69 Å². The first-order valence-corrected chi connectivity index (χ1v) is 6.59. The fourth-order valence-corrected chi connectivity index (χ4v) is 3.08. The predicted molar refractivity (Wildman–Crippen MR) is 71.6 cm³/mol. The summed E-state index contributed by atoms with van der Waals surface area (Å²) < 4.78 is 6.11. The van der Waals surface area contributed by atoms with Crippen molar-refractivity contribution < 1.29 is 4.74 Å². The van der Waals surface area contributed by atoms with Gasteiger partial charge in [-0.3, -0.25) is 0 Å². The quantitative estimate of drug-likeness (QED) is 0.892.